The lowest BCUT2D eigenvalue weighted by Gasteiger charge is -2.34. The SMILES string of the molecule is CC(C)(C)OC(=O)[C@@](F)(OC(F)(F)C(F)(F)C(F)(F)F)C(F)(F)F. The van der Waals surface area contributed by atoms with Gasteiger partial charge in [-0.15, -0.1) is 0 Å². The first-order valence-corrected chi connectivity index (χ1v) is 5.60. The normalized spacial score (nSPS) is 17.4. The minimum absolute atomic E-state index is 0.837. The van der Waals surface area contributed by atoms with Crippen LogP contribution in [0.3, 0.4) is 0 Å². The molecule has 0 aliphatic carbocycles. The monoisotopic (exact) mass is 386 g/mol. The third-order valence-electron chi connectivity index (χ3n) is 2.02. The lowest BCUT2D eigenvalue weighted by Crippen LogP contribution is -2.62. The second-order valence-corrected chi connectivity index (χ2v) is 5.29. The zero-order chi connectivity index (χ0) is 20.0. The van der Waals surface area contributed by atoms with Crippen LogP contribution in [-0.2, 0) is 14.3 Å². The minimum Gasteiger partial charge on any atom is -0.455 e. The van der Waals surface area contributed by atoms with Crippen LogP contribution in [-0.4, -0.2) is 41.8 Å². The lowest BCUT2D eigenvalue weighted by atomic mass is 10.2. The molecule has 0 aliphatic rings. The third-order valence-corrected chi connectivity index (χ3v) is 2.02. The molecule has 0 aromatic heterocycles. The first-order chi connectivity index (χ1) is 10.1. The molecule has 0 heterocycles. The number of carbonyl (C=O) groups is 1. The molecule has 14 heteroatoms. The Hall–Kier alpha value is -1.34. The molecule has 1 atom stereocenters. The Morgan fingerprint density at radius 2 is 1.08 bits per heavy atom. The summed E-state index contributed by atoms with van der Waals surface area (Å²) >= 11 is 0. The Bertz CT molecular complexity index is 474. The van der Waals surface area contributed by atoms with E-state index in [2.05, 4.69) is 4.74 Å². The molecule has 0 spiro atoms. The van der Waals surface area contributed by atoms with Gasteiger partial charge in [0.05, 0.1) is 0 Å². The highest BCUT2D eigenvalue weighted by atomic mass is 19.4. The van der Waals surface area contributed by atoms with Gasteiger partial charge in [0.1, 0.15) is 5.60 Å². The predicted octanol–water partition coefficient (Wildman–Crippen LogP) is 4.36. The van der Waals surface area contributed by atoms with Crippen molar-refractivity contribution in [3.05, 3.63) is 0 Å². The molecule has 3 nitrogen and oxygen atoms in total. The van der Waals surface area contributed by atoms with Gasteiger partial charge >= 0.3 is 36.2 Å². The maximum absolute atomic E-state index is 13.6. The van der Waals surface area contributed by atoms with Gasteiger partial charge in [-0.2, -0.15) is 48.3 Å². The number of hydrogen-bond acceptors (Lipinski definition) is 3. The molecule has 0 rings (SSSR count). The van der Waals surface area contributed by atoms with Crippen molar-refractivity contribution in [3.63, 3.8) is 0 Å². The summed E-state index contributed by atoms with van der Waals surface area (Å²) in [6, 6.07) is 0. The summed E-state index contributed by atoms with van der Waals surface area (Å²) < 4.78 is 143. The van der Waals surface area contributed by atoms with Gasteiger partial charge < -0.3 is 4.74 Å². The highest BCUT2D eigenvalue weighted by Gasteiger charge is 2.80. The van der Waals surface area contributed by atoms with Crippen LogP contribution in [0.5, 0.6) is 0 Å². The Morgan fingerprint density at radius 3 is 1.33 bits per heavy atom. The van der Waals surface area contributed by atoms with Crippen molar-refractivity contribution >= 4 is 5.97 Å². The molecule has 0 bridgehead atoms. The van der Waals surface area contributed by atoms with Crippen molar-refractivity contribution in [2.45, 2.75) is 56.6 Å². The zero-order valence-electron chi connectivity index (χ0n) is 11.9. The summed E-state index contributed by atoms with van der Waals surface area (Å²) in [5.74, 6) is -16.8. The van der Waals surface area contributed by atoms with Crippen LogP contribution in [0.1, 0.15) is 20.8 Å². The van der Waals surface area contributed by atoms with Crippen LogP contribution in [0.25, 0.3) is 0 Å². The average molecular weight is 386 g/mol. The zero-order valence-corrected chi connectivity index (χ0v) is 11.9. The predicted molar refractivity (Wildman–Crippen MR) is 52.8 cm³/mol. The van der Waals surface area contributed by atoms with Gasteiger partial charge in [-0.25, -0.2) is 4.79 Å². The summed E-state index contributed by atoms with van der Waals surface area (Å²) in [4.78, 5) is 11.1. The maximum atomic E-state index is 13.6. The molecular formula is C10H9F11O3. The maximum Gasteiger partial charge on any atom is 0.462 e. The van der Waals surface area contributed by atoms with Crippen molar-refractivity contribution in [2.24, 2.45) is 0 Å². The van der Waals surface area contributed by atoms with E-state index < -0.39 is 41.8 Å². The first kappa shape index (κ1) is 22.7. The molecule has 0 aliphatic heterocycles. The van der Waals surface area contributed by atoms with E-state index in [1.54, 1.807) is 0 Å². The molecule has 0 radical (unpaired) electrons. The van der Waals surface area contributed by atoms with Crippen molar-refractivity contribution in [1.82, 2.24) is 0 Å². The highest BCUT2D eigenvalue weighted by molar-refractivity contribution is 5.79. The number of halogens is 11. The molecule has 0 saturated heterocycles. The summed E-state index contributed by atoms with van der Waals surface area (Å²) in [7, 11) is 0. The Morgan fingerprint density at radius 1 is 0.708 bits per heavy atom. The van der Waals surface area contributed by atoms with Crippen molar-refractivity contribution < 1.29 is 62.6 Å². The van der Waals surface area contributed by atoms with Crippen LogP contribution in [0.15, 0.2) is 0 Å². The second kappa shape index (κ2) is 5.88. The van der Waals surface area contributed by atoms with E-state index in [-0.39, 0.29) is 0 Å². The van der Waals surface area contributed by atoms with Crippen LogP contribution < -0.4 is 0 Å². The lowest BCUT2D eigenvalue weighted by molar-refractivity contribution is -0.475. The Labute approximate surface area is 126 Å². The van der Waals surface area contributed by atoms with Gasteiger partial charge in [-0.05, 0) is 20.8 Å². The van der Waals surface area contributed by atoms with E-state index in [1.165, 1.54) is 0 Å². The molecule has 0 N–H and O–H groups in total. The van der Waals surface area contributed by atoms with Gasteiger partial charge in [-0.3, -0.25) is 4.74 Å². The molecule has 0 fully saturated rings. The summed E-state index contributed by atoms with van der Waals surface area (Å²) in [6.45, 7) is 2.51. The second-order valence-electron chi connectivity index (χ2n) is 5.29. The Kier molecular flexibility index (Phi) is 5.55. The smallest absolute Gasteiger partial charge is 0.455 e. The van der Waals surface area contributed by atoms with E-state index >= 15 is 0 Å². The number of ether oxygens (including phenoxy) is 2. The van der Waals surface area contributed by atoms with E-state index in [4.69, 9.17) is 0 Å². The summed E-state index contributed by atoms with van der Waals surface area (Å²) in [5.41, 5.74) is -1.94. The fourth-order valence-corrected chi connectivity index (χ4v) is 0.965. The number of alkyl halides is 11. The molecule has 0 saturated carbocycles. The van der Waals surface area contributed by atoms with E-state index in [0.29, 0.717) is 0 Å². The van der Waals surface area contributed by atoms with Crippen molar-refractivity contribution in [1.29, 1.82) is 0 Å². The van der Waals surface area contributed by atoms with E-state index in [9.17, 15) is 53.1 Å². The van der Waals surface area contributed by atoms with Gasteiger partial charge in [-0.1, -0.05) is 0 Å². The number of hydrogen-bond donors (Lipinski definition) is 0. The fraction of sp³-hybridized carbons (Fsp3) is 0.900. The fourth-order valence-electron chi connectivity index (χ4n) is 0.965. The molecule has 0 unspecified atom stereocenters. The van der Waals surface area contributed by atoms with Gasteiger partial charge in [0.25, 0.3) is 0 Å². The number of carbonyl (C=O) groups excluding carboxylic acids is 1. The van der Waals surface area contributed by atoms with Crippen LogP contribution in [0, 0.1) is 0 Å². The van der Waals surface area contributed by atoms with E-state index in [0.717, 1.165) is 20.8 Å². The highest BCUT2D eigenvalue weighted by Crippen LogP contribution is 2.51. The van der Waals surface area contributed by atoms with Gasteiger partial charge in [0.2, 0.25) is 0 Å². The standard InChI is InChI=1S/C10H9F11O3/c1-5(2,3)23-4(22)6(11,8(14,15)16)24-10(20,21)7(12,13)9(17,18)19/h1-3H3/t6-/m1/s1. The van der Waals surface area contributed by atoms with Crippen molar-refractivity contribution in [2.75, 3.05) is 0 Å². The molecule has 144 valence electrons. The van der Waals surface area contributed by atoms with Gasteiger partial charge in [0, 0.05) is 0 Å². The van der Waals surface area contributed by atoms with E-state index in [1.807, 2.05) is 4.74 Å². The molecule has 0 amide bonds. The molecule has 0 aromatic carbocycles. The van der Waals surface area contributed by atoms with Crippen molar-refractivity contribution in [3.8, 4) is 0 Å². The number of esters is 1. The number of rotatable bonds is 4. The third kappa shape index (κ3) is 4.39. The first-order valence-electron chi connectivity index (χ1n) is 5.60. The van der Waals surface area contributed by atoms with Crippen LogP contribution in [0.4, 0.5) is 48.3 Å². The molecule has 24 heavy (non-hydrogen) atoms. The van der Waals surface area contributed by atoms with Gasteiger partial charge in [0.15, 0.2) is 0 Å². The van der Waals surface area contributed by atoms with Crippen LogP contribution >= 0.6 is 0 Å². The topological polar surface area (TPSA) is 35.5 Å². The quantitative estimate of drug-likeness (QED) is 0.532. The molecular weight excluding hydrogens is 377 g/mol. The minimum atomic E-state index is -7.23. The molecule has 0 aromatic rings. The van der Waals surface area contributed by atoms with Crippen LogP contribution in [0.2, 0.25) is 0 Å². The largest absolute Gasteiger partial charge is 0.462 e. The summed E-state index contributed by atoms with van der Waals surface area (Å²) in [5, 5.41) is 0. The average Bonchev–Trinajstić information content (AvgIpc) is 2.22. The summed E-state index contributed by atoms with van der Waals surface area (Å²) in [6.07, 6.45) is -20.9. The Balaban J connectivity index is 5.96.